The van der Waals surface area contributed by atoms with Crippen LogP contribution in [0.25, 0.3) is 0 Å². The Labute approximate surface area is 66.9 Å². The molecule has 0 unspecified atom stereocenters. The molecule has 0 aromatic carbocycles. The van der Waals surface area contributed by atoms with E-state index in [4.69, 9.17) is 0 Å². The third-order valence-corrected chi connectivity index (χ3v) is 1.07. The van der Waals surface area contributed by atoms with E-state index >= 15 is 0 Å². The lowest BCUT2D eigenvalue weighted by Gasteiger charge is -1.81. The topological polar surface area (TPSA) is 0 Å². The van der Waals surface area contributed by atoms with Gasteiger partial charge in [0.05, 0.1) is 0 Å². The maximum absolute atomic E-state index is 3.30. The molecule has 8 heavy (non-hydrogen) atoms. The highest BCUT2D eigenvalue weighted by molar-refractivity contribution is 9.12. The van der Waals surface area contributed by atoms with Crippen LogP contribution in [-0.2, 0) is 0 Å². The Bertz CT molecular complexity index is 98.5. The highest BCUT2D eigenvalue weighted by atomic mass is 79.9. The van der Waals surface area contributed by atoms with Crippen LogP contribution in [0.2, 0.25) is 0 Å². The van der Waals surface area contributed by atoms with E-state index in [1.165, 1.54) is 0 Å². The largest absolute Gasteiger partial charge is 0.0560 e. The number of hydrogen-bond donors (Lipinski definition) is 0. The highest BCUT2D eigenvalue weighted by Gasteiger charge is 1.75. The minimum absolute atomic E-state index is 1.14. The van der Waals surface area contributed by atoms with Crippen molar-refractivity contribution in [1.29, 1.82) is 0 Å². The summed E-state index contributed by atoms with van der Waals surface area (Å²) >= 11 is 6.60. The van der Waals surface area contributed by atoms with Crippen LogP contribution < -0.4 is 0 Å². The summed E-state index contributed by atoms with van der Waals surface area (Å²) in [6, 6.07) is 0. The zero-order chi connectivity index (χ0) is 6.57. The van der Waals surface area contributed by atoms with Crippen LogP contribution in [0, 0.1) is 0 Å². The summed E-state index contributed by atoms with van der Waals surface area (Å²) < 4.78 is 2.27. The van der Waals surface area contributed by atoms with Crippen molar-refractivity contribution in [1.82, 2.24) is 0 Å². The Morgan fingerprint density at radius 1 is 1.00 bits per heavy atom. The Morgan fingerprint density at radius 2 is 1.25 bits per heavy atom. The lowest BCUT2D eigenvalue weighted by Crippen LogP contribution is -1.55. The van der Waals surface area contributed by atoms with Crippen molar-refractivity contribution >= 4 is 31.9 Å². The van der Waals surface area contributed by atoms with Gasteiger partial charge >= 0.3 is 0 Å². The van der Waals surface area contributed by atoms with Gasteiger partial charge in [-0.05, 0) is 22.8 Å². The lowest BCUT2D eigenvalue weighted by molar-refractivity contribution is 1.64. The second kappa shape index (κ2) is 4.33. The molecule has 0 amide bonds. The van der Waals surface area contributed by atoms with Crippen molar-refractivity contribution in [2.75, 3.05) is 0 Å². The predicted octanol–water partition coefficient (Wildman–Crippen LogP) is 3.58. The Hall–Kier alpha value is 0.440. The number of halogens is 2. The molecule has 0 bridgehead atoms. The number of hydrogen-bond acceptors (Lipinski definition) is 0. The molecular weight excluding hydrogens is 232 g/mol. The van der Waals surface area contributed by atoms with Gasteiger partial charge in [-0.1, -0.05) is 44.0 Å². The summed E-state index contributed by atoms with van der Waals surface area (Å²) in [6.45, 7) is 3.98. The Balaban J connectivity index is 3.76. The first-order chi connectivity index (χ1) is 3.63. The lowest BCUT2D eigenvalue weighted by atomic mass is 10.5. The molecule has 2 heteroatoms. The molecule has 46 valence electrons. The van der Waals surface area contributed by atoms with Crippen molar-refractivity contribution in [2.45, 2.75) is 13.8 Å². The molecule has 0 spiro atoms. The van der Waals surface area contributed by atoms with E-state index in [-0.39, 0.29) is 0 Å². The highest BCUT2D eigenvalue weighted by Crippen LogP contribution is 2.06. The van der Waals surface area contributed by atoms with Crippen LogP contribution >= 0.6 is 31.9 Å². The van der Waals surface area contributed by atoms with Gasteiger partial charge < -0.3 is 0 Å². The van der Waals surface area contributed by atoms with Crippen LogP contribution in [0.1, 0.15) is 13.8 Å². The fourth-order valence-corrected chi connectivity index (χ4v) is 0.494. The van der Waals surface area contributed by atoms with Crippen molar-refractivity contribution < 1.29 is 0 Å². The fraction of sp³-hybridized carbons (Fsp3) is 0.333. The van der Waals surface area contributed by atoms with E-state index in [2.05, 4.69) is 31.9 Å². The standard InChI is InChI=1S/C6H8Br2/c1-5(7)3-4-6(2)8/h3-4H,1-2H3. The summed E-state index contributed by atoms with van der Waals surface area (Å²) in [5.41, 5.74) is 0. The van der Waals surface area contributed by atoms with Gasteiger partial charge in [-0.15, -0.1) is 0 Å². The van der Waals surface area contributed by atoms with E-state index in [9.17, 15) is 0 Å². The molecule has 0 heterocycles. The normalized spacial score (nSPS) is 14.5. The van der Waals surface area contributed by atoms with E-state index in [0.29, 0.717) is 0 Å². The average Bonchev–Trinajstić information content (AvgIpc) is 1.61. The molecule has 0 aromatic rings. The minimum Gasteiger partial charge on any atom is -0.0560 e. The monoisotopic (exact) mass is 238 g/mol. The number of allylic oxidation sites excluding steroid dienone is 4. The van der Waals surface area contributed by atoms with Gasteiger partial charge in [0.15, 0.2) is 0 Å². The third-order valence-electron chi connectivity index (χ3n) is 0.543. The maximum atomic E-state index is 3.30. The van der Waals surface area contributed by atoms with Gasteiger partial charge in [-0.25, -0.2) is 0 Å². The van der Waals surface area contributed by atoms with Crippen molar-refractivity contribution in [2.24, 2.45) is 0 Å². The summed E-state index contributed by atoms with van der Waals surface area (Å²) in [4.78, 5) is 0. The van der Waals surface area contributed by atoms with Gasteiger partial charge in [-0.2, -0.15) is 0 Å². The summed E-state index contributed by atoms with van der Waals surface area (Å²) in [6.07, 6.45) is 3.98. The van der Waals surface area contributed by atoms with E-state index in [1.807, 2.05) is 26.0 Å². The molecule has 0 atom stereocenters. The smallest absolute Gasteiger partial charge is 0.00801 e. The van der Waals surface area contributed by atoms with Crippen molar-refractivity contribution in [3.05, 3.63) is 21.1 Å². The van der Waals surface area contributed by atoms with Crippen LogP contribution in [0.5, 0.6) is 0 Å². The molecule has 0 aromatic heterocycles. The van der Waals surface area contributed by atoms with Gasteiger partial charge in [0, 0.05) is 0 Å². The molecule has 0 saturated heterocycles. The molecule has 0 nitrogen and oxygen atoms in total. The van der Waals surface area contributed by atoms with Gasteiger partial charge in [0.1, 0.15) is 0 Å². The second-order valence-corrected chi connectivity index (χ2v) is 4.01. The quantitative estimate of drug-likeness (QED) is 0.614. The van der Waals surface area contributed by atoms with Crippen LogP contribution in [0.15, 0.2) is 21.1 Å². The minimum atomic E-state index is 1.14. The van der Waals surface area contributed by atoms with Gasteiger partial charge in [-0.3, -0.25) is 0 Å². The van der Waals surface area contributed by atoms with Gasteiger partial charge in [0.2, 0.25) is 0 Å². The molecule has 0 fully saturated rings. The predicted molar refractivity (Wildman–Crippen MR) is 45.4 cm³/mol. The number of rotatable bonds is 1. The molecular formula is C6H8Br2. The third kappa shape index (κ3) is 6.44. The first-order valence-electron chi connectivity index (χ1n) is 2.29. The fourth-order valence-electron chi connectivity index (χ4n) is 0.230. The van der Waals surface area contributed by atoms with Crippen molar-refractivity contribution in [3.63, 3.8) is 0 Å². The second-order valence-electron chi connectivity index (χ2n) is 1.51. The van der Waals surface area contributed by atoms with E-state index < -0.39 is 0 Å². The Kier molecular flexibility index (Phi) is 4.57. The van der Waals surface area contributed by atoms with E-state index in [1.54, 1.807) is 0 Å². The molecule has 0 aliphatic heterocycles. The summed E-state index contributed by atoms with van der Waals surface area (Å²) in [7, 11) is 0. The molecule has 0 aliphatic rings. The summed E-state index contributed by atoms with van der Waals surface area (Å²) in [5.74, 6) is 0. The molecule has 0 rings (SSSR count). The van der Waals surface area contributed by atoms with E-state index in [0.717, 1.165) is 8.96 Å². The molecule has 0 aliphatic carbocycles. The SMILES string of the molecule is CC(Br)=CC=C(C)Br. The first kappa shape index (κ1) is 8.44. The zero-order valence-corrected chi connectivity index (χ0v) is 8.08. The zero-order valence-electron chi connectivity index (χ0n) is 4.91. The summed E-state index contributed by atoms with van der Waals surface area (Å²) in [5, 5.41) is 0. The van der Waals surface area contributed by atoms with Crippen LogP contribution in [-0.4, -0.2) is 0 Å². The molecule has 0 radical (unpaired) electrons. The van der Waals surface area contributed by atoms with Crippen molar-refractivity contribution in [3.8, 4) is 0 Å². The van der Waals surface area contributed by atoms with Crippen LogP contribution in [0.4, 0.5) is 0 Å². The van der Waals surface area contributed by atoms with Crippen LogP contribution in [0.3, 0.4) is 0 Å². The van der Waals surface area contributed by atoms with Gasteiger partial charge in [0.25, 0.3) is 0 Å². The maximum Gasteiger partial charge on any atom is -0.00801 e. The molecule has 0 saturated carbocycles. The Morgan fingerprint density at radius 3 is 1.38 bits per heavy atom. The average molecular weight is 240 g/mol. The first-order valence-corrected chi connectivity index (χ1v) is 3.87. The molecule has 0 N–H and O–H groups in total.